The summed E-state index contributed by atoms with van der Waals surface area (Å²) >= 11 is 5.95. The monoisotopic (exact) mass is 283 g/mol. The van der Waals surface area contributed by atoms with Crippen molar-refractivity contribution in [3.05, 3.63) is 29.3 Å². The van der Waals surface area contributed by atoms with Crippen molar-refractivity contribution in [3.63, 3.8) is 0 Å². The lowest BCUT2D eigenvalue weighted by Crippen LogP contribution is -2.29. The minimum absolute atomic E-state index is 0.0539. The molecule has 1 N–H and O–H groups in total. The van der Waals surface area contributed by atoms with Crippen molar-refractivity contribution in [2.75, 3.05) is 26.4 Å². The largest absolute Gasteiger partial charge is 0.490 e. The molecule has 0 saturated carbocycles. The van der Waals surface area contributed by atoms with E-state index >= 15 is 0 Å². The number of rotatable bonds is 6. The van der Waals surface area contributed by atoms with Gasteiger partial charge in [0.2, 0.25) is 5.91 Å². The molecule has 1 aromatic carbocycles. The Hall–Kier alpha value is -1.26. The Kier molecular flexibility index (Phi) is 5.48. The van der Waals surface area contributed by atoms with Gasteiger partial charge in [0.1, 0.15) is 12.4 Å². The van der Waals surface area contributed by atoms with Crippen LogP contribution >= 0.6 is 11.6 Å². The lowest BCUT2D eigenvalue weighted by Gasteiger charge is -2.10. The third kappa shape index (κ3) is 4.73. The second kappa shape index (κ2) is 7.36. The van der Waals surface area contributed by atoms with Crippen LogP contribution in [0.25, 0.3) is 0 Å². The first-order valence-corrected chi connectivity index (χ1v) is 6.85. The molecule has 1 fully saturated rings. The molecule has 1 atom stereocenters. The third-order valence-electron chi connectivity index (χ3n) is 3.02. The molecule has 1 aromatic rings. The summed E-state index contributed by atoms with van der Waals surface area (Å²) in [5, 5.41) is 3.42. The van der Waals surface area contributed by atoms with Crippen molar-refractivity contribution < 1.29 is 14.3 Å². The van der Waals surface area contributed by atoms with Crippen LogP contribution in [0, 0.1) is 5.92 Å². The van der Waals surface area contributed by atoms with Crippen molar-refractivity contribution in [1.29, 1.82) is 0 Å². The second-order valence-corrected chi connectivity index (χ2v) is 4.97. The maximum atomic E-state index is 11.6. The summed E-state index contributed by atoms with van der Waals surface area (Å²) < 4.78 is 10.7. The summed E-state index contributed by atoms with van der Waals surface area (Å²) in [5.41, 5.74) is 0. The van der Waals surface area contributed by atoms with Crippen LogP contribution in [0.5, 0.6) is 5.75 Å². The molecule has 104 valence electrons. The Morgan fingerprint density at radius 1 is 1.47 bits per heavy atom. The average molecular weight is 284 g/mol. The summed E-state index contributed by atoms with van der Waals surface area (Å²) in [6.45, 7) is 2.37. The molecule has 1 heterocycles. The Labute approximate surface area is 118 Å². The molecule has 0 aliphatic carbocycles. The fraction of sp³-hybridized carbons (Fsp3) is 0.500. The molecule has 2 rings (SSSR count). The van der Waals surface area contributed by atoms with Gasteiger partial charge >= 0.3 is 0 Å². The Balaban J connectivity index is 1.61. The third-order valence-corrected chi connectivity index (χ3v) is 3.33. The Morgan fingerprint density at radius 2 is 2.32 bits per heavy atom. The van der Waals surface area contributed by atoms with Crippen LogP contribution in [-0.2, 0) is 9.53 Å². The van der Waals surface area contributed by atoms with Gasteiger partial charge in [-0.15, -0.1) is 0 Å². The van der Waals surface area contributed by atoms with E-state index in [1.165, 1.54) is 0 Å². The normalized spacial score (nSPS) is 18.3. The van der Waals surface area contributed by atoms with Gasteiger partial charge in [0.25, 0.3) is 0 Å². The molecule has 1 aliphatic heterocycles. The SMILES string of the molecule is O=C(C[C@H]1CCOC1)NCCOc1ccccc1Cl. The Morgan fingerprint density at radius 3 is 3.05 bits per heavy atom. The average Bonchev–Trinajstić information content (AvgIpc) is 2.89. The van der Waals surface area contributed by atoms with Gasteiger partial charge in [-0.05, 0) is 24.5 Å². The fourth-order valence-electron chi connectivity index (χ4n) is 1.99. The molecule has 0 spiro atoms. The zero-order chi connectivity index (χ0) is 13.5. The number of carbonyl (C=O) groups excluding carboxylic acids is 1. The summed E-state index contributed by atoms with van der Waals surface area (Å²) in [6.07, 6.45) is 1.51. The molecule has 0 radical (unpaired) electrons. The van der Waals surface area contributed by atoms with Gasteiger partial charge in [-0.2, -0.15) is 0 Å². The predicted molar refractivity (Wildman–Crippen MR) is 73.5 cm³/mol. The number of benzene rings is 1. The van der Waals surface area contributed by atoms with E-state index in [1.807, 2.05) is 12.1 Å². The van der Waals surface area contributed by atoms with E-state index in [0.29, 0.717) is 42.9 Å². The predicted octanol–water partition coefficient (Wildman–Crippen LogP) is 2.26. The summed E-state index contributed by atoms with van der Waals surface area (Å²) in [7, 11) is 0. The molecular formula is C14H18ClNO3. The summed E-state index contributed by atoms with van der Waals surface area (Å²) in [4.78, 5) is 11.6. The first kappa shape index (κ1) is 14.2. The first-order chi connectivity index (χ1) is 9.25. The van der Waals surface area contributed by atoms with Crippen LogP contribution in [0.3, 0.4) is 0 Å². The molecule has 5 heteroatoms. The standard InChI is InChI=1S/C14H18ClNO3/c15-12-3-1-2-4-13(12)19-8-6-16-14(17)9-11-5-7-18-10-11/h1-4,11H,5-10H2,(H,16,17)/t11-/m1/s1. The molecule has 4 nitrogen and oxygen atoms in total. The lowest BCUT2D eigenvalue weighted by molar-refractivity contribution is -0.122. The van der Waals surface area contributed by atoms with E-state index in [-0.39, 0.29) is 5.91 Å². The van der Waals surface area contributed by atoms with E-state index in [1.54, 1.807) is 12.1 Å². The van der Waals surface area contributed by atoms with Crippen molar-refractivity contribution in [1.82, 2.24) is 5.32 Å². The number of ether oxygens (including phenoxy) is 2. The van der Waals surface area contributed by atoms with E-state index < -0.39 is 0 Å². The number of halogens is 1. The van der Waals surface area contributed by atoms with E-state index in [0.717, 1.165) is 13.0 Å². The molecule has 0 unspecified atom stereocenters. The molecule has 1 amide bonds. The lowest BCUT2D eigenvalue weighted by atomic mass is 10.1. The highest BCUT2D eigenvalue weighted by Gasteiger charge is 2.18. The highest BCUT2D eigenvalue weighted by molar-refractivity contribution is 6.32. The van der Waals surface area contributed by atoms with E-state index in [9.17, 15) is 4.79 Å². The second-order valence-electron chi connectivity index (χ2n) is 4.56. The van der Waals surface area contributed by atoms with Crippen LogP contribution in [0.4, 0.5) is 0 Å². The summed E-state index contributed by atoms with van der Waals surface area (Å²) in [6, 6.07) is 7.29. The number of carbonyl (C=O) groups is 1. The van der Waals surface area contributed by atoms with Crippen LogP contribution in [0.2, 0.25) is 5.02 Å². The molecule has 19 heavy (non-hydrogen) atoms. The number of amides is 1. The van der Waals surface area contributed by atoms with Crippen molar-refractivity contribution in [2.45, 2.75) is 12.8 Å². The molecule has 0 bridgehead atoms. The smallest absolute Gasteiger partial charge is 0.220 e. The van der Waals surface area contributed by atoms with Gasteiger partial charge < -0.3 is 14.8 Å². The molecule has 1 saturated heterocycles. The van der Waals surface area contributed by atoms with Gasteiger partial charge in [0.15, 0.2) is 0 Å². The molecule has 1 aliphatic rings. The number of hydrogen-bond acceptors (Lipinski definition) is 3. The minimum Gasteiger partial charge on any atom is -0.490 e. The van der Waals surface area contributed by atoms with Crippen molar-refractivity contribution in [2.24, 2.45) is 5.92 Å². The van der Waals surface area contributed by atoms with Gasteiger partial charge in [-0.3, -0.25) is 4.79 Å². The highest BCUT2D eigenvalue weighted by Crippen LogP contribution is 2.22. The van der Waals surface area contributed by atoms with Gasteiger partial charge in [0.05, 0.1) is 11.6 Å². The summed E-state index contributed by atoms with van der Waals surface area (Å²) in [5.74, 6) is 1.06. The van der Waals surface area contributed by atoms with Crippen molar-refractivity contribution in [3.8, 4) is 5.75 Å². The van der Waals surface area contributed by atoms with Crippen LogP contribution < -0.4 is 10.1 Å². The van der Waals surface area contributed by atoms with E-state index in [4.69, 9.17) is 21.1 Å². The Bertz CT molecular complexity index is 419. The zero-order valence-corrected chi connectivity index (χ0v) is 11.5. The molecular weight excluding hydrogens is 266 g/mol. The zero-order valence-electron chi connectivity index (χ0n) is 10.7. The topological polar surface area (TPSA) is 47.6 Å². The highest BCUT2D eigenvalue weighted by atomic mass is 35.5. The number of para-hydroxylation sites is 1. The maximum absolute atomic E-state index is 11.6. The quantitative estimate of drug-likeness (QED) is 0.815. The van der Waals surface area contributed by atoms with Gasteiger partial charge in [-0.25, -0.2) is 0 Å². The van der Waals surface area contributed by atoms with Gasteiger partial charge in [0, 0.05) is 19.6 Å². The van der Waals surface area contributed by atoms with Crippen LogP contribution in [0.15, 0.2) is 24.3 Å². The van der Waals surface area contributed by atoms with E-state index in [2.05, 4.69) is 5.32 Å². The van der Waals surface area contributed by atoms with Crippen molar-refractivity contribution >= 4 is 17.5 Å². The van der Waals surface area contributed by atoms with Crippen LogP contribution in [0.1, 0.15) is 12.8 Å². The fourth-order valence-corrected chi connectivity index (χ4v) is 2.18. The van der Waals surface area contributed by atoms with Gasteiger partial charge in [-0.1, -0.05) is 23.7 Å². The minimum atomic E-state index is 0.0539. The number of nitrogens with one attached hydrogen (secondary N) is 1. The maximum Gasteiger partial charge on any atom is 0.220 e. The van der Waals surface area contributed by atoms with Crippen LogP contribution in [-0.4, -0.2) is 32.3 Å². The first-order valence-electron chi connectivity index (χ1n) is 6.47. The molecule has 0 aromatic heterocycles. The number of hydrogen-bond donors (Lipinski definition) is 1.